The number of hydrogen-bond donors (Lipinski definition) is 0. The van der Waals surface area contributed by atoms with E-state index >= 15 is 0 Å². The topological polar surface area (TPSA) is 114 Å². The normalized spacial score (nSPS) is 13.5. The van der Waals surface area contributed by atoms with Gasteiger partial charge in [0.15, 0.2) is 12.2 Å². The number of hydrogen-bond acceptors (Lipinski definition) is 9. The fraction of sp³-hybridized carbons (Fsp3) is 0.524. The van der Waals surface area contributed by atoms with Gasteiger partial charge in [-0.25, -0.2) is 4.79 Å². The molecule has 1 aromatic rings. The fourth-order valence-electron chi connectivity index (χ4n) is 2.60. The largest absolute Gasteiger partial charge is 0.467 e. The highest BCUT2D eigenvalue weighted by atomic mass is 79.9. The number of rotatable bonds is 12. The van der Waals surface area contributed by atoms with Crippen molar-refractivity contribution in [2.24, 2.45) is 0 Å². The second kappa shape index (κ2) is 13.8. The lowest BCUT2D eigenvalue weighted by Gasteiger charge is -2.28. The SMILES string of the molecule is COC(=O)C(O[C@H](COC(C)=O)Cc1ccc(CBr)cc1)[C@H](COC(C)=O)OC(C)=O. The molecule has 0 spiro atoms. The highest BCUT2D eigenvalue weighted by Gasteiger charge is 2.36. The molecule has 0 aliphatic carbocycles. The van der Waals surface area contributed by atoms with Crippen LogP contribution in [0.25, 0.3) is 0 Å². The lowest BCUT2D eigenvalue weighted by molar-refractivity contribution is -0.187. The molecule has 0 aromatic heterocycles. The standard InChI is InChI=1S/C21H27BrO9/c1-13(23)28-11-18(9-16-5-7-17(10-22)8-6-16)31-20(21(26)27-4)19(30-15(3)25)12-29-14(2)24/h5-8,18-20H,9-12H2,1-4H3/t18-,19-,20?/m0/s1. The van der Waals surface area contributed by atoms with Crippen molar-refractivity contribution >= 4 is 39.8 Å². The van der Waals surface area contributed by atoms with E-state index in [2.05, 4.69) is 15.9 Å². The number of benzene rings is 1. The van der Waals surface area contributed by atoms with E-state index in [4.69, 9.17) is 23.7 Å². The van der Waals surface area contributed by atoms with Gasteiger partial charge in [0.25, 0.3) is 0 Å². The molecule has 0 saturated heterocycles. The number of halogens is 1. The maximum Gasteiger partial charge on any atom is 0.339 e. The number of esters is 4. The van der Waals surface area contributed by atoms with Crippen molar-refractivity contribution in [1.29, 1.82) is 0 Å². The lowest BCUT2D eigenvalue weighted by Crippen LogP contribution is -2.46. The molecule has 1 unspecified atom stereocenters. The van der Waals surface area contributed by atoms with E-state index in [1.165, 1.54) is 13.8 Å². The van der Waals surface area contributed by atoms with Gasteiger partial charge in [-0.05, 0) is 11.1 Å². The minimum absolute atomic E-state index is 0.149. The van der Waals surface area contributed by atoms with Crippen molar-refractivity contribution < 1.29 is 42.9 Å². The summed E-state index contributed by atoms with van der Waals surface area (Å²) < 4.78 is 25.8. The molecule has 0 heterocycles. The maximum atomic E-state index is 12.4. The second-order valence-electron chi connectivity index (χ2n) is 6.61. The van der Waals surface area contributed by atoms with E-state index in [1.54, 1.807) is 0 Å². The molecule has 10 heteroatoms. The van der Waals surface area contributed by atoms with Crippen molar-refractivity contribution in [1.82, 2.24) is 0 Å². The first-order chi connectivity index (χ1) is 14.7. The third-order valence-electron chi connectivity index (χ3n) is 3.99. The molecule has 1 rings (SSSR count). The van der Waals surface area contributed by atoms with E-state index in [0.29, 0.717) is 11.8 Å². The van der Waals surface area contributed by atoms with Crippen LogP contribution in [0.15, 0.2) is 24.3 Å². The molecule has 172 valence electrons. The van der Waals surface area contributed by atoms with Crippen LogP contribution in [-0.2, 0) is 54.6 Å². The monoisotopic (exact) mass is 502 g/mol. The Hall–Kier alpha value is -2.46. The summed E-state index contributed by atoms with van der Waals surface area (Å²) in [5, 5.41) is 0.700. The zero-order chi connectivity index (χ0) is 23.4. The van der Waals surface area contributed by atoms with E-state index < -0.39 is 48.8 Å². The number of alkyl halides is 1. The molecule has 0 bridgehead atoms. The molecule has 0 saturated carbocycles. The van der Waals surface area contributed by atoms with Gasteiger partial charge in [0.05, 0.1) is 13.2 Å². The third-order valence-corrected chi connectivity index (χ3v) is 4.64. The Kier molecular flexibility index (Phi) is 11.8. The first-order valence-corrected chi connectivity index (χ1v) is 10.6. The molecule has 0 N–H and O–H groups in total. The van der Waals surface area contributed by atoms with Crippen LogP contribution in [0.2, 0.25) is 0 Å². The quantitative estimate of drug-likeness (QED) is 0.240. The predicted molar refractivity (Wildman–Crippen MR) is 112 cm³/mol. The molecule has 31 heavy (non-hydrogen) atoms. The van der Waals surface area contributed by atoms with Crippen molar-refractivity contribution in [3.63, 3.8) is 0 Å². The molecule has 9 nitrogen and oxygen atoms in total. The Bertz CT molecular complexity index is 748. The zero-order valence-electron chi connectivity index (χ0n) is 17.9. The minimum atomic E-state index is -1.41. The second-order valence-corrected chi connectivity index (χ2v) is 7.17. The highest BCUT2D eigenvalue weighted by molar-refractivity contribution is 9.08. The average molecular weight is 503 g/mol. The Morgan fingerprint density at radius 2 is 1.42 bits per heavy atom. The van der Waals surface area contributed by atoms with Crippen LogP contribution in [0.4, 0.5) is 0 Å². The van der Waals surface area contributed by atoms with Crippen LogP contribution in [0.1, 0.15) is 31.9 Å². The third kappa shape index (κ3) is 10.4. The smallest absolute Gasteiger partial charge is 0.339 e. The van der Waals surface area contributed by atoms with Gasteiger partial charge in [0.2, 0.25) is 0 Å². The van der Waals surface area contributed by atoms with Crippen LogP contribution in [-0.4, -0.2) is 62.5 Å². The first-order valence-electron chi connectivity index (χ1n) is 9.47. The molecule has 3 atom stereocenters. The van der Waals surface area contributed by atoms with Crippen molar-refractivity contribution in [2.75, 3.05) is 20.3 Å². The van der Waals surface area contributed by atoms with Gasteiger partial charge in [-0.15, -0.1) is 0 Å². The highest BCUT2D eigenvalue weighted by Crippen LogP contribution is 2.16. The molecule has 0 fully saturated rings. The summed E-state index contributed by atoms with van der Waals surface area (Å²) in [6, 6.07) is 7.62. The van der Waals surface area contributed by atoms with Crippen molar-refractivity contribution in [2.45, 2.75) is 50.8 Å². The molecular weight excluding hydrogens is 476 g/mol. The van der Waals surface area contributed by atoms with Gasteiger partial charge < -0.3 is 23.7 Å². The van der Waals surface area contributed by atoms with Crippen LogP contribution < -0.4 is 0 Å². The van der Waals surface area contributed by atoms with Gasteiger partial charge in [-0.3, -0.25) is 14.4 Å². The van der Waals surface area contributed by atoms with Crippen LogP contribution >= 0.6 is 15.9 Å². The van der Waals surface area contributed by atoms with Crippen LogP contribution in [0.3, 0.4) is 0 Å². The van der Waals surface area contributed by atoms with Crippen molar-refractivity contribution in [3.05, 3.63) is 35.4 Å². The van der Waals surface area contributed by atoms with Crippen molar-refractivity contribution in [3.8, 4) is 0 Å². The fourth-order valence-corrected chi connectivity index (χ4v) is 2.97. The van der Waals surface area contributed by atoms with Crippen LogP contribution in [0, 0.1) is 0 Å². The molecule has 0 radical (unpaired) electrons. The predicted octanol–water partition coefficient (Wildman–Crippen LogP) is 2.11. The van der Waals surface area contributed by atoms with Gasteiger partial charge in [0.1, 0.15) is 13.2 Å². The molecule has 0 amide bonds. The molecule has 0 aliphatic heterocycles. The van der Waals surface area contributed by atoms with Gasteiger partial charge in [-0.2, -0.15) is 0 Å². The van der Waals surface area contributed by atoms with Gasteiger partial charge >= 0.3 is 23.9 Å². The first kappa shape index (κ1) is 26.6. The Morgan fingerprint density at radius 1 is 0.871 bits per heavy atom. The van der Waals surface area contributed by atoms with Gasteiger partial charge in [-0.1, -0.05) is 40.2 Å². The Labute approximate surface area is 189 Å². The number of carbonyl (C=O) groups is 4. The van der Waals surface area contributed by atoms with E-state index in [0.717, 1.165) is 25.2 Å². The van der Waals surface area contributed by atoms with Gasteiger partial charge in [0, 0.05) is 32.5 Å². The molecule has 1 aromatic carbocycles. The van der Waals surface area contributed by atoms with Crippen LogP contribution in [0.5, 0.6) is 0 Å². The summed E-state index contributed by atoms with van der Waals surface area (Å²) in [6.07, 6.45) is -3.12. The summed E-state index contributed by atoms with van der Waals surface area (Å²) in [4.78, 5) is 46.4. The Morgan fingerprint density at radius 3 is 1.90 bits per heavy atom. The van der Waals surface area contributed by atoms with E-state index in [9.17, 15) is 19.2 Å². The summed E-state index contributed by atoms with van der Waals surface area (Å²) >= 11 is 3.38. The number of carbonyl (C=O) groups excluding carboxylic acids is 4. The lowest BCUT2D eigenvalue weighted by atomic mass is 10.1. The zero-order valence-corrected chi connectivity index (χ0v) is 19.5. The summed E-state index contributed by atoms with van der Waals surface area (Å²) in [7, 11) is 1.15. The molecule has 0 aliphatic rings. The van der Waals surface area contributed by atoms with E-state index in [1.807, 2.05) is 24.3 Å². The van der Waals surface area contributed by atoms with E-state index in [-0.39, 0.29) is 6.61 Å². The maximum absolute atomic E-state index is 12.4. The molecular formula is C21H27BrO9. The average Bonchev–Trinajstić information content (AvgIpc) is 2.72. The summed E-state index contributed by atoms with van der Waals surface area (Å²) in [6.45, 7) is 3.02. The minimum Gasteiger partial charge on any atom is -0.467 e. The number of methoxy groups -OCH3 is 1. The Balaban J connectivity index is 3.10. The number of ether oxygens (including phenoxy) is 5. The summed E-state index contributed by atoms with van der Waals surface area (Å²) in [5.41, 5.74) is 1.94. The summed E-state index contributed by atoms with van der Waals surface area (Å²) in [5.74, 6) is -2.67.